The number of thiazole rings is 1. The minimum atomic E-state index is -0.0143. The molecule has 0 aliphatic carbocycles. The highest BCUT2D eigenvalue weighted by Gasteiger charge is 2.27. The van der Waals surface area contributed by atoms with Crippen LogP contribution >= 0.6 is 11.3 Å². The predicted molar refractivity (Wildman–Crippen MR) is 114 cm³/mol. The van der Waals surface area contributed by atoms with Gasteiger partial charge in [-0.15, -0.1) is 11.3 Å². The second-order valence-corrected chi connectivity index (χ2v) is 9.60. The van der Waals surface area contributed by atoms with Gasteiger partial charge in [0.25, 0.3) is 0 Å². The molecule has 28 heavy (non-hydrogen) atoms. The molecule has 3 rings (SSSR count). The Labute approximate surface area is 171 Å². The SMILES string of the molecule is Cc1cc(C)nc(N2CCC[C@H](C(=O)NCCc3nc(C(C)(C)C)cs3)C2)n1. The summed E-state index contributed by atoms with van der Waals surface area (Å²) in [5, 5.41) is 6.31. The lowest BCUT2D eigenvalue weighted by Gasteiger charge is -2.32. The summed E-state index contributed by atoms with van der Waals surface area (Å²) in [5.74, 6) is 0.855. The van der Waals surface area contributed by atoms with Crippen molar-refractivity contribution in [2.45, 2.75) is 59.3 Å². The van der Waals surface area contributed by atoms with E-state index >= 15 is 0 Å². The summed E-state index contributed by atoms with van der Waals surface area (Å²) in [6.45, 7) is 12.7. The molecule has 152 valence electrons. The molecule has 1 amide bonds. The molecule has 3 heterocycles. The van der Waals surface area contributed by atoms with Crippen LogP contribution in [-0.2, 0) is 16.6 Å². The van der Waals surface area contributed by atoms with E-state index in [-0.39, 0.29) is 17.2 Å². The van der Waals surface area contributed by atoms with Gasteiger partial charge in [0.15, 0.2) is 0 Å². The number of hydrogen-bond acceptors (Lipinski definition) is 6. The van der Waals surface area contributed by atoms with Gasteiger partial charge in [-0.2, -0.15) is 0 Å². The number of rotatable bonds is 5. The third kappa shape index (κ3) is 5.28. The van der Waals surface area contributed by atoms with Crippen LogP contribution in [0.4, 0.5) is 5.95 Å². The normalized spacial score (nSPS) is 17.6. The van der Waals surface area contributed by atoms with Gasteiger partial charge in [-0.3, -0.25) is 4.79 Å². The van der Waals surface area contributed by atoms with Crippen LogP contribution in [0.1, 0.15) is 55.7 Å². The van der Waals surface area contributed by atoms with E-state index in [1.807, 2.05) is 19.9 Å². The van der Waals surface area contributed by atoms with Crippen molar-refractivity contribution >= 4 is 23.2 Å². The summed E-state index contributed by atoms with van der Waals surface area (Å²) in [5.41, 5.74) is 3.12. The van der Waals surface area contributed by atoms with Gasteiger partial charge < -0.3 is 10.2 Å². The fourth-order valence-electron chi connectivity index (χ4n) is 3.43. The molecule has 1 saturated heterocycles. The molecule has 0 spiro atoms. The number of amides is 1. The molecule has 1 fully saturated rings. The largest absolute Gasteiger partial charge is 0.355 e. The molecule has 1 aliphatic rings. The maximum Gasteiger partial charge on any atom is 0.225 e. The molecule has 0 aromatic carbocycles. The molecular weight excluding hydrogens is 370 g/mol. The van der Waals surface area contributed by atoms with Gasteiger partial charge in [-0.1, -0.05) is 20.8 Å². The first-order valence-electron chi connectivity index (χ1n) is 10.0. The van der Waals surface area contributed by atoms with Crippen molar-refractivity contribution in [1.82, 2.24) is 20.3 Å². The number of carbonyl (C=O) groups is 1. The third-order valence-corrected chi connectivity index (χ3v) is 5.91. The Morgan fingerprint density at radius 3 is 2.61 bits per heavy atom. The van der Waals surface area contributed by atoms with Crippen molar-refractivity contribution in [2.75, 3.05) is 24.5 Å². The highest BCUT2D eigenvalue weighted by molar-refractivity contribution is 7.09. The Kier molecular flexibility index (Phi) is 6.33. The van der Waals surface area contributed by atoms with Crippen LogP contribution in [0.3, 0.4) is 0 Å². The minimum absolute atomic E-state index is 0.0143. The van der Waals surface area contributed by atoms with Crippen LogP contribution in [0, 0.1) is 19.8 Å². The lowest BCUT2D eigenvalue weighted by atomic mass is 9.93. The fraction of sp³-hybridized carbons (Fsp3) is 0.619. The van der Waals surface area contributed by atoms with Gasteiger partial charge >= 0.3 is 0 Å². The van der Waals surface area contributed by atoms with Crippen LogP contribution in [0.15, 0.2) is 11.4 Å². The molecule has 6 nitrogen and oxygen atoms in total. The van der Waals surface area contributed by atoms with Gasteiger partial charge in [-0.25, -0.2) is 15.0 Å². The number of carbonyl (C=O) groups excluding carboxylic acids is 1. The first-order valence-corrected chi connectivity index (χ1v) is 10.9. The molecule has 0 unspecified atom stereocenters. The number of anilines is 1. The Bertz CT molecular complexity index is 806. The zero-order chi connectivity index (χ0) is 20.3. The van der Waals surface area contributed by atoms with E-state index in [0.717, 1.165) is 53.8 Å². The van der Waals surface area contributed by atoms with Crippen molar-refractivity contribution in [2.24, 2.45) is 5.92 Å². The number of nitrogens with one attached hydrogen (secondary N) is 1. The Balaban J connectivity index is 1.52. The van der Waals surface area contributed by atoms with Crippen molar-refractivity contribution < 1.29 is 4.79 Å². The van der Waals surface area contributed by atoms with Crippen LogP contribution in [0.2, 0.25) is 0 Å². The molecule has 1 aliphatic heterocycles. The summed E-state index contributed by atoms with van der Waals surface area (Å²) in [6.07, 6.45) is 2.68. The second-order valence-electron chi connectivity index (χ2n) is 8.65. The van der Waals surface area contributed by atoms with Crippen LogP contribution in [-0.4, -0.2) is 40.5 Å². The average molecular weight is 402 g/mol. The van der Waals surface area contributed by atoms with Crippen LogP contribution in [0.5, 0.6) is 0 Å². The number of aromatic nitrogens is 3. The first kappa shape index (κ1) is 20.7. The molecular formula is C21H31N5OS. The highest BCUT2D eigenvalue weighted by atomic mass is 32.1. The lowest BCUT2D eigenvalue weighted by molar-refractivity contribution is -0.125. The molecule has 1 N–H and O–H groups in total. The van der Waals surface area contributed by atoms with E-state index in [4.69, 9.17) is 4.98 Å². The molecule has 1 atom stereocenters. The number of hydrogen-bond donors (Lipinski definition) is 1. The quantitative estimate of drug-likeness (QED) is 0.831. The van der Waals surface area contributed by atoms with Gasteiger partial charge in [0.2, 0.25) is 11.9 Å². The van der Waals surface area contributed by atoms with Gasteiger partial charge in [0, 0.05) is 48.2 Å². The van der Waals surface area contributed by atoms with Gasteiger partial charge in [0.1, 0.15) is 0 Å². The van der Waals surface area contributed by atoms with Crippen molar-refractivity contribution in [3.05, 3.63) is 33.5 Å². The summed E-state index contributed by atoms with van der Waals surface area (Å²) in [4.78, 5) is 28.6. The standard InChI is InChI=1S/C21H31N5OS/c1-14-11-15(2)24-20(23-14)26-10-6-7-16(12-26)19(27)22-9-8-18-25-17(13-28-18)21(3,4)5/h11,13,16H,6-10,12H2,1-5H3,(H,22,27)/t16-/m0/s1. The third-order valence-electron chi connectivity index (χ3n) is 5.00. The van der Waals surface area contributed by atoms with Gasteiger partial charge in [0.05, 0.1) is 16.6 Å². The summed E-state index contributed by atoms with van der Waals surface area (Å²) in [7, 11) is 0. The van der Waals surface area contributed by atoms with E-state index in [1.165, 1.54) is 0 Å². The maximum absolute atomic E-state index is 12.7. The second kappa shape index (κ2) is 8.55. The van der Waals surface area contributed by atoms with Crippen molar-refractivity contribution in [3.8, 4) is 0 Å². The Hall–Kier alpha value is -2.02. The minimum Gasteiger partial charge on any atom is -0.355 e. The Morgan fingerprint density at radius 2 is 1.96 bits per heavy atom. The highest BCUT2D eigenvalue weighted by Crippen LogP contribution is 2.24. The van der Waals surface area contributed by atoms with E-state index < -0.39 is 0 Å². The van der Waals surface area contributed by atoms with Crippen LogP contribution in [0.25, 0.3) is 0 Å². The van der Waals surface area contributed by atoms with E-state index in [9.17, 15) is 4.79 Å². The molecule has 2 aromatic rings. The average Bonchev–Trinajstić information content (AvgIpc) is 3.10. The zero-order valence-electron chi connectivity index (χ0n) is 17.6. The number of piperidine rings is 1. The monoisotopic (exact) mass is 401 g/mol. The molecule has 0 saturated carbocycles. The number of nitrogens with zero attached hydrogens (tertiary/aromatic N) is 4. The summed E-state index contributed by atoms with van der Waals surface area (Å²) in [6, 6.07) is 1.97. The van der Waals surface area contributed by atoms with Gasteiger partial charge in [-0.05, 0) is 32.8 Å². The van der Waals surface area contributed by atoms with E-state index in [0.29, 0.717) is 13.1 Å². The fourth-order valence-corrected chi connectivity index (χ4v) is 4.45. The maximum atomic E-state index is 12.7. The molecule has 0 radical (unpaired) electrons. The summed E-state index contributed by atoms with van der Waals surface area (Å²) >= 11 is 1.68. The Morgan fingerprint density at radius 1 is 1.25 bits per heavy atom. The topological polar surface area (TPSA) is 71.0 Å². The summed E-state index contributed by atoms with van der Waals surface area (Å²) < 4.78 is 0. The van der Waals surface area contributed by atoms with Crippen LogP contribution < -0.4 is 10.2 Å². The van der Waals surface area contributed by atoms with Crippen molar-refractivity contribution in [1.29, 1.82) is 0 Å². The zero-order valence-corrected chi connectivity index (χ0v) is 18.4. The molecule has 0 bridgehead atoms. The van der Waals surface area contributed by atoms with E-state index in [2.05, 4.69) is 46.3 Å². The molecule has 2 aromatic heterocycles. The van der Waals surface area contributed by atoms with Crippen molar-refractivity contribution in [3.63, 3.8) is 0 Å². The van der Waals surface area contributed by atoms with E-state index in [1.54, 1.807) is 11.3 Å². The lowest BCUT2D eigenvalue weighted by Crippen LogP contribution is -2.44. The predicted octanol–water partition coefficient (Wildman–Crippen LogP) is 3.42. The smallest absolute Gasteiger partial charge is 0.225 e. The molecule has 7 heteroatoms. The number of aryl methyl sites for hydroxylation is 2. The first-order chi connectivity index (χ1) is 13.2.